The van der Waals surface area contributed by atoms with Gasteiger partial charge in [0.25, 0.3) is 0 Å². The van der Waals surface area contributed by atoms with Crippen molar-refractivity contribution in [2.24, 2.45) is 0 Å². The van der Waals surface area contributed by atoms with Crippen LogP contribution >= 0.6 is 22.6 Å². The van der Waals surface area contributed by atoms with E-state index in [9.17, 15) is 4.79 Å². The van der Waals surface area contributed by atoms with Crippen molar-refractivity contribution in [3.8, 4) is 17.2 Å². The quantitative estimate of drug-likeness (QED) is 0.208. The molecule has 0 amide bonds. The second kappa shape index (κ2) is 10.9. The predicted molar refractivity (Wildman–Crippen MR) is 130 cm³/mol. The molecule has 0 spiro atoms. The highest BCUT2D eigenvalue weighted by Gasteiger charge is 2.11. The summed E-state index contributed by atoms with van der Waals surface area (Å²) >= 11 is 2.25. The van der Waals surface area contributed by atoms with Gasteiger partial charge in [-0.05, 0) is 75.7 Å². The lowest BCUT2D eigenvalue weighted by Gasteiger charge is -2.14. The molecule has 0 aliphatic carbocycles. The van der Waals surface area contributed by atoms with Gasteiger partial charge in [-0.2, -0.15) is 0 Å². The molecule has 0 unspecified atom stereocenters. The van der Waals surface area contributed by atoms with E-state index in [1.165, 1.54) is 7.11 Å². The van der Waals surface area contributed by atoms with Gasteiger partial charge < -0.3 is 18.9 Å². The highest BCUT2D eigenvalue weighted by molar-refractivity contribution is 14.1. The first-order chi connectivity index (χ1) is 15.0. The average Bonchev–Trinajstić information content (AvgIpc) is 2.81. The summed E-state index contributed by atoms with van der Waals surface area (Å²) in [5.74, 6) is 1.84. The molecular weight excluding hydrogens is 507 g/mol. The molecule has 0 aliphatic rings. The summed E-state index contributed by atoms with van der Waals surface area (Å²) < 4.78 is 22.5. The lowest BCUT2D eigenvalue weighted by atomic mass is 10.1. The second-order valence-corrected chi connectivity index (χ2v) is 7.78. The smallest absolute Gasteiger partial charge is 0.337 e. The first-order valence-electron chi connectivity index (χ1n) is 9.53. The maximum Gasteiger partial charge on any atom is 0.337 e. The van der Waals surface area contributed by atoms with Crippen LogP contribution in [0.1, 0.15) is 27.0 Å². The Bertz CT molecular complexity index is 1060. The average molecular weight is 530 g/mol. The molecule has 0 radical (unpaired) electrons. The van der Waals surface area contributed by atoms with Gasteiger partial charge in [-0.1, -0.05) is 36.4 Å². The number of hydrogen-bond donors (Lipinski definition) is 0. The van der Waals surface area contributed by atoms with E-state index in [0.29, 0.717) is 23.7 Å². The molecule has 3 rings (SSSR count). The fourth-order valence-electron chi connectivity index (χ4n) is 2.89. The van der Waals surface area contributed by atoms with Crippen LogP contribution in [0.15, 0.2) is 60.7 Å². The van der Waals surface area contributed by atoms with Gasteiger partial charge in [-0.3, -0.25) is 0 Å². The zero-order valence-corrected chi connectivity index (χ0v) is 19.7. The van der Waals surface area contributed by atoms with Crippen LogP contribution in [0.3, 0.4) is 0 Å². The molecule has 0 atom stereocenters. The molecule has 0 aliphatic heterocycles. The Labute approximate surface area is 195 Å². The summed E-state index contributed by atoms with van der Waals surface area (Å²) in [6, 6.07) is 19.0. The van der Waals surface area contributed by atoms with Crippen LogP contribution in [0.2, 0.25) is 0 Å². The molecule has 6 heteroatoms. The van der Waals surface area contributed by atoms with Crippen molar-refractivity contribution >= 4 is 40.7 Å². The molecule has 0 saturated carbocycles. The topological polar surface area (TPSA) is 54.0 Å². The first-order valence-corrected chi connectivity index (χ1v) is 10.6. The number of halogens is 1. The normalized spacial score (nSPS) is 10.7. The molecule has 0 bridgehead atoms. The summed E-state index contributed by atoms with van der Waals surface area (Å²) in [6.45, 7) is 0.429. The number of carbonyl (C=O) groups is 1. The van der Waals surface area contributed by atoms with Crippen LogP contribution in [0.4, 0.5) is 0 Å². The molecule has 31 heavy (non-hydrogen) atoms. The lowest BCUT2D eigenvalue weighted by molar-refractivity contribution is 0.0600. The van der Waals surface area contributed by atoms with Gasteiger partial charge in [-0.25, -0.2) is 4.79 Å². The number of methoxy groups -OCH3 is 3. The standard InChI is InChI=1S/C25H23IO5/c1-28-21-12-8-18(9-13-21)16-31-24-22(26)14-19(15-23(24)29-2)5-4-17-6-10-20(11-7-17)25(27)30-3/h4-15H,16H2,1-3H3. The molecular formula is C25H23IO5. The third-order valence-corrected chi connectivity index (χ3v) is 5.40. The molecule has 0 saturated heterocycles. The number of esters is 1. The molecule has 160 valence electrons. The van der Waals surface area contributed by atoms with E-state index in [4.69, 9.17) is 18.9 Å². The Morgan fingerprint density at radius 1 is 0.871 bits per heavy atom. The van der Waals surface area contributed by atoms with Crippen molar-refractivity contribution < 1.29 is 23.7 Å². The van der Waals surface area contributed by atoms with Crippen LogP contribution in [0, 0.1) is 3.57 Å². The molecule has 0 fully saturated rings. The number of hydrogen-bond acceptors (Lipinski definition) is 5. The van der Waals surface area contributed by atoms with Crippen LogP contribution in [0.25, 0.3) is 12.2 Å². The van der Waals surface area contributed by atoms with Gasteiger partial charge in [0.2, 0.25) is 0 Å². The summed E-state index contributed by atoms with van der Waals surface area (Å²) in [5.41, 5.74) is 3.52. The molecule has 0 aromatic heterocycles. The van der Waals surface area contributed by atoms with E-state index < -0.39 is 0 Å². The molecule has 0 heterocycles. The first kappa shape index (κ1) is 22.7. The van der Waals surface area contributed by atoms with E-state index in [0.717, 1.165) is 26.0 Å². The third-order valence-electron chi connectivity index (χ3n) is 4.59. The summed E-state index contributed by atoms with van der Waals surface area (Å²) in [5, 5.41) is 0. The lowest BCUT2D eigenvalue weighted by Crippen LogP contribution is -2.00. The van der Waals surface area contributed by atoms with Gasteiger partial charge in [-0.15, -0.1) is 0 Å². The van der Waals surface area contributed by atoms with Crippen molar-refractivity contribution in [1.29, 1.82) is 0 Å². The predicted octanol–water partition coefficient (Wildman–Crippen LogP) is 5.84. The van der Waals surface area contributed by atoms with Gasteiger partial charge in [0, 0.05) is 0 Å². The van der Waals surface area contributed by atoms with Crippen molar-refractivity contribution in [2.75, 3.05) is 21.3 Å². The zero-order valence-electron chi connectivity index (χ0n) is 17.6. The van der Waals surface area contributed by atoms with Crippen molar-refractivity contribution in [3.05, 3.63) is 86.5 Å². The second-order valence-electron chi connectivity index (χ2n) is 6.62. The number of rotatable bonds is 8. The monoisotopic (exact) mass is 530 g/mol. The van der Waals surface area contributed by atoms with Gasteiger partial charge in [0.05, 0.1) is 30.5 Å². The van der Waals surface area contributed by atoms with E-state index in [-0.39, 0.29) is 5.97 Å². The molecule has 0 N–H and O–H groups in total. The Morgan fingerprint density at radius 3 is 2.16 bits per heavy atom. The third kappa shape index (κ3) is 6.01. The number of carbonyl (C=O) groups excluding carboxylic acids is 1. The Hall–Kier alpha value is -3.00. The molecule has 3 aromatic rings. The maximum atomic E-state index is 11.5. The summed E-state index contributed by atoms with van der Waals surface area (Å²) in [4.78, 5) is 11.5. The van der Waals surface area contributed by atoms with E-state index in [1.807, 2.05) is 60.7 Å². The van der Waals surface area contributed by atoms with Crippen LogP contribution in [0.5, 0.6) is 17.2 Å². The number of ether oxygens (including phenoxy) is 4. The highest BCUT2D eigenvalue weighted by Crippen LogP contribution is 2.35. The van der Waals surface area contributed by atoms with E-state index in [2.05, 4.69) is 22.6 Å². The Balaban J connectivity index is 1.73. The van der Waals surface area contributed by atoms with Crippen LogP contribution in [-0.2, 0) is 11.3 Å². The fraction of sp³-hybridized carbons (Fsp3) is 0.160. The fourth-order valence-corrected chi connectivity index (χ4v) is 3.68. The largest absolute Gasteiger partial charge is 0.497 e. The van der Waals surface area contributed by atoms with Gasteiger partial charge in [0.15, 0.2) is 11.5 Å². The van der Waals surface area contributed by atoms with Gasteiger partial charge in [0.1, 0.15) is 12.4 Å². The van der Waals surface area contributed by atoms with E-state index in [1.54, 1.807) is 26.4 Å². The van der Waals surface area contributed by atoms with Gasteiger partial charge >= 0.3 is 5.97 Å². The SMILES string of the molecule is COC(=O)c1ccc(C=Cc2cc(I)c(OCc3ccc(OC)cc3)c(OC)c2)cc1. The Kier molecular flexibility index (Phi) is 7.94. The van der Waals surface area contributed by atoms with Crippen molar-refractivity contribution in [3.63, 3.8) is 0 Å². The Morgan fingerprint density at radius 2 is 1.55 bits per heavy atom. The van der Waals surface area contributed by atoms with Crippen LogP contribution in [-0.4, -0.2) is 27.3 Å². The minimum atomic E-state index is -0.347. The highest BCUT2D eigenvalue weighted by atomic mass is 127. The van der Waals surface area contributed by atoms with Crippen molar-refractivity contribution in [2.45, 2.75) is 6.61 Å². The number of benzene rings is 3. The maximum absolute atomic E-state index is 11.5. The minimum absolute atomic E-state index is 0.347. The summed E-state index contributed by atoms with van der Waals surface area (Å²) in [6.07, 6.45) is 3.97. The molecule has 5 nitrogen and oxygen atoms in total. The van der Waals surface area contributed by atoms with Crippen LogP contribution < -0.4 is 14.2 Å². The molecule has 3 aromatic carbocycles. The van der Waals surface area contributed by atoms with E-state index >= 15 is 0 Å². The zero-order chi connectivity index (χ0) is 22.2. The summed E-state index contributed by atoms with van der Waals surface area (Å²) in [7, 11) is 4.65. The minimum Gasteiger partial charge on any atom is -0.497 e. The van der Waals surface area contributed by atoms with Crippen molar-refractivity contribution in [1.82, 2.24) is 0 Å².